The first-order valence-corrected chi connectivity index (χ1v) is 9.79. The van der Waals surface area contributed by atoms with Gasteiger partial charge in [-0.2, -0.15) is 0 Å². The highest BCUT2D eigenvalue weighted by Gasteiger charge is 2.20. The second kappa shape index (κ2) is 8.36. The maximum atomic E-state index is 12.3. The van der Waals surface area contributed by atoms with E-state index in [2.05, 4.69) is 52.7 Å². The summed E-state index contributed by atoms with van der Waals surface area (Å²) in [6.07, 6.45) is 2.51. The van der Waals surface area contributed by atoms with E-state index in [0.29, 0.717) is 12.5 Å². The van der Waals surface area contributed by atoms with Crippen LogP contribution in [-0.4, -0.2) is 29.9 Å². The summed E-state index contributed by atoms with van der Waals surface area (Å²) in [7, 11) is 0. The molecule has 1 amide bonds. The minimum atomic E-state index is 0.133. The van der Waals surface area contributed by atoms with Gasteiger partial charge in [0, 0.05) is 25.7 Å². The number of amides is 1. The van der Waals surface area contributed by atoms with Crippen LogP contribution in [0.3, 0.4) is 0 Å². The Morgan fingerprint density at radius 3 is 2.33 bits per heavy atom. The highest BCUT2D eigenvalue weighted by Crippen LogP contribution is 2.19. The molecular weight excluding hydrogens is 332 g/mol. The van der Waals surface area contributed by atoms with Crippen molar-refractivity contribution in [2.45, 2.75) is 31.8 Å². The molecule has 0 spiro atoms. The van der Waals surface area contributed by atoms with Gasteiger partial charge in [0.05, 0.1) is 6.42 Å². The first-order valence-electron chi connectivity index (χ1n) is 9.79. The lowest BCUT2D eigenvalue weighted by Gasteiger charge is -2.32. The molecule has 1 heterocycles. The highest BCUT2D eigenvalue weighted by atomic mass is 16.1. The summed E-state index contributed by atoms with van der Waals surface area (Å²) in [4.78, 5) is 14.7. The smallest absolute Gasteiger partial charge is 0.224 e. The molecule has 3 nitrogen and oxygen atoms in total. The quantitative estimate of drug-likeness (QED) is 0.743. The van der Waals surface area contributed by atoms with Gasteiger partial charge < -0.3 is 5.32 Å². The van der Waals surface area contributed by atoms with E-state index < -0.39 is 0 Å². The van der Waals surface area contributed by atoms with Gasteiger partial charge in [0.1, 0.15) is 0 Å². The molecule has 0 aliphatic carbocycles. The monoisotopic (exact) mass is 358 g/mol. The molecule has 0 aromatic heterocycles. The lowest BCUT2D eigenvalue weighted by Crippen LogP contribution is -2.44. The largest absolute Gasteiger partial charge is 0.353 e. The zero-order valence-corrected chi connectivity index (χ0v) is 15.6. The first kappa shape index (κ1) is 17.7. The van der Waals surface area contributed by atoms with Gasteiger partial charge in [0.25, 0.3) is 0 Å². The summed E-state index contributed by atoms with van der Waals surface area (Å²) in [5, 5.41) is 5.81. The van der Waals surface area contributed by atoms with Crippen LogP contribution >= 0.6 is 0 Å². The summed E-state index contributed by atoms with van der Waals surface area (Å²) in [6.45, 7) is 3.04. The Morgan fingerprint density at radius 1 is 0.852 bits per heavy atom. The average Bonchev–Trinajstić information content (AvgIpc) is 2.70. The topological polar surface area (TPSA) is 32.3 Å². The third-order valence-electron chi connectivity index (χ3n) is 5.38. The summed E-state index contributed by atoms with van der Waals surface area (Å²) in [5.41, 5.74) is 2.43. The number of fused-ring (bicyclic) bond motifs is 1. The van der Waals surface area contributed by atoms with Crippen LogP contribution in [-0.2, 0) is 17.8 Å². The normalized spacial score (nSPS) is 15.7. The van der Waals surface area contributed by atoms with Crippen LogP contribution in [0.15, 0.2) is 72.8 Å². The van der Waals surface area contributed by atoms with Crippen molar-refractivity contribution in [1.82, 2.24) is 10.2 Å². The fourth-order valence-electron chi connectivity index (χ4n) is 3.89. The molecule has 1 saturated heterocycles. The molecule has 3 heteroatoms. The predicted molar refractivity (Wildman–Crippen MR) is 111 cm³/mol. The third-order valence-corrected chi connectivity index (χ3v) is 5.38. The Hall–Kier alpha value is -2.65. The van der Waals surface area contributed by atoms with Crippen LogP contribution in [0.2, 0.25) is 0 Å². The second-order valence-electron chi connectivity index (χ2n) is 7.46. The fourth-order valence-corrected chi connectivity index (χ4v) is 3.89. The van der Waals surface area contributed by atoms with Crippen molar-refractivity contribution in [3.8, 4) is 0 Å². The van der Waals surface area contributed by atoms with Crippen LogP contribution in [0.5, 0.6) is 0 Å². The molecule has 27 heavy (non-hydrogen) atoms. The van der Waals surface area contributed by atoms with Crippen molar-refractivity contribution in [2.75, 3.05) is 13.1 Å². The van der Waals surface area contributed by atoms with E-state index >= 15 is 0 Å². The maximum Gasteiger partial charge on any atom is 0.224 e. The van der Waals surface area contributed by atoms with E-state index in [4.69, 9.17) is 0 Å². The molecular formula is C24H26N2O. The Kier molecular flexibility index (Phi) is 5.50. The fraction of sp³-hybridized carbons (Fsp3) is 0.292. The van der Waals surface area contributed by atoms with Crippen molar-refractivity contribution in [1.29, 1.82) is 0 Å². The summed E-state index contributed by atoms with van der Waals surface area (Å²) >= 11 is 0. The number of hydrogen-bond acceptors (Lipinski definition) is 2. The zero-order valence-electron chi connectivity index (χ0n) is 15.6. The molecule has 1 N–H and O–H groups in total. The SMILES string of the molecule is O=C(Cc1ccccc1)NC1CCN(Cc2ccc3ccccc3c2)CC1. The van der Waals surface area contributed by atoms with Crippen LogP contribution in [0, 0.1) is 0 Å². The van der Waals surface area contributed by atoms with Gasteiger partial charge in [-0.3, -0.25) is 9.69 Å². The number of carbonyl (C=O) groups is 1. The van der Waals surface area contributed by atoms with E-state index in [1.807, 2.05) is 30.3 Å². The van der Waals surface area contributed by atoms with Crippen LogP contribution < -0.4 is 5.32 Å². The number of nitrogens with one attached hydrogen (secondary N) is 1. The van der Waals surface area contributed by atoms with Gasteiger partial charge in [0.15, 0.2) is 0 Å². The van der Waals surface area contributed by atoms with E-state index in [1.54, 1.807) is 0 Å². The molecule has 3 aromatic carbocycles. The molecule has 0 unspecified atom stereocenters. The molecule has 0 bridgehead atoms. The summed E-state index contributed by atoms with van der Waals surface area (Å²) < 4.78 is 0. The number of rotatable bonds is 5. The summed E-state index contributed by atoms with van der Waals surface area (Å²) in [5.74, 6) is 0.133. The van der Waals surface area contributed by atoms with E-state index in [0.717, 1.165) is 38.0 Å². The number of nitrogens with zero attached hydrogens (tertiary/aromatic N) is 1. The molecule has 138 valence electrons. The number of benzene rings is 3. The Morgan fingerprint density at radius 2 is 1.56 bits per heavy atom. The molecule has 1 aliphatic heterocycles. The van der Waals surface area contributed by atoms with E-state index in [1.165, 1.54) is 16.3 Å². The lowest BCUT2D eigenvalue weighted by atomic mass is 10.0. The zero-order chi connectivity index (χ0) is 18.5. The standard InChI is InChI=1S/C24H26N2O/c27-24(17-19-6-2-1-3-7-19)25-23-12-14-26(15-13-23)18-20-10-11-21-8-4-5-9-22(21)16-20/h1-11,16,23H,12-15,17-18H2,(H,25,27). The van der Waals surface area contributed by atoms with E-state index in [9.17, 15) is 4.79 Å². The molecule has 1 aliphatic rings. The molecule has 0 radical (unpaired) electrons. The minimum Gasteiger partial charge on any atom is -0.353 e. The number of carbonyl (C=O) groups excluding carboxylic acids is 1. The molecule has 0 saturated carbocycles. The van der Waals surface area contributed by atoms with Crippen molar-refractivity contribution in [3.63, 3.8) is 0 Å². The Balaban J connectivity index is 1.26. The van der Waals surface area contributed by atoms with Crippen molar-refractivity contribution in [3.05, 3.63) is 83.9 Å². The molecule has 0 atom stereocenters. The molecule has 1 fully saturated rings. The van der Waals surface area contributed by atoms with Gasteiger partial charge in [-0.15, -0.1) is 0 Å². The van der Waals surface area contributed by atoms with Crippen LogP contribution in [0.4, 0.5) is 0 Å². The first-order chi connectivity index (χ1) is 13.3. The minimum absolute atomic E-state index is 0.133. The Labute approximate surface area is 161 Å². The second-order valence-corrected chi connectivity index (χ2v) is 7.46. The predicted octanol–water partition coefficient (Wildman–Crippen LogP) is 4.16. The van der Waals surface area contributed by atoms with Crippen molar-refractivity contribution < 1.29 is 4.79 Å². The number of likely N-dealkylation sites (tertiary alicyclic amines) is 1. The maximum absolute atomic E-state index is 12.3. The van der Waals surface area contributed by atoms with Crippen LogP contribution in [0.1, 0.15) is 24.0 Å². The van der Waals surface area contributed by atoms with Gasteiger partial charge in [-0.1, -0.05) is 66.7 Å². The number of hydrogen-bond donors (Lipinski definition) is 1. The van der Waals surface area contributed by atoms with Gasteiger partial charge >= 0.3 is 0 Å². The van der Waals surface area contributed by atoms with Crippen molar-refractivity contribution in [2.24, 2.45) is 0 Å². The third kappa shape index (κ3) is 4.75. The van der Waals surface area contributed by atoms with Crippen molar-refractivity contribution >= 4 is 16.7 Å². The highest BCUT2D eigenvalue weighted by molar-refractivity contribution is 5.83. The van der Waals surface area contributed by atoms with Gasteiger partial charge in [-0.05, 0) is 40.8 Å². The molecule has 4 rings (SSSR count). The van der Waals surface area contributed by atoms with Crippen LogP contribution in [0.25, 0.3) is 10.8 Å². The lowest BCUT2D eigenvalue weighted by molar-refractivity contribution is -0.121. The molecule has 3 aromatic rings. The average molecular weight is 358 g/mol. The summed E-state index contributed by atoms with van der Waals surface area (Å²) in [6, 6.07) is 25.5. The van der Waals surface area contributed by atoms with E-state index in [-0.39, 0.29) is 5.91 Å². The van der Waals surface area contributed by atoms with Gasteiger partial charge in [-0.25, -0.2) is 0 Å². The number of piperidine rings is 1. The van der Waals surface area contributed by atoms with Gasteiger partial charge in [0.2, 0.25) is 5.91 Å². The Bertz CT molecular complexity index is 898.